The van der Waals surface area contributed by atoms with Crippen LogP contribution in [0.4, 0.5) is 22.0 Å². The van der Waals surface area contributed by atoms with Crippen molar-refractivity contribution in [3.63, 3.8) is 0 Å². The number of ether oxygens (including phenoxy) is 1. The number of rotatable bonds is 7. The number of hydrogen-bond acceptors (Lipinski definition) is 4. The lowest BCUT2D eigenvalue weighted by molar-refractivity contribution is -0.274. The van der Waals surface area contributed by atoms with Gasteiger partial charge in [0.25, 0.3) is 5.91 Å². The number of fused-ring (bicyclic) bond motifs is 1. The number of piperidine rings is 1. The minimum absolute atomic E-state index is 0.0154. The Kier molecular flexibility index (Phi) is 7.61. The number of aromatic nitrogens is 1. The Balaban J connectivity index is 1.17. The van der Waals surface area contributed by atoms with Crippen molar-refractivity contribution in [2.24, 2.45) is 5.92 Å². The Morgan fingerprint density at radius 2 is 1.69 bits per heavy atom. The van der Waals surface area contributed by atoms with Crippen molar-refractivity contribution in [1.82, 2.24) is 14.8 Å². The van der Waals surface area contributed by atoms with Gasteiger partial charge in [-0.2, -0.15) is 0 Å². The maximum Gasteiger partial charge on any atom is 0.573 e. The lowest BCUT2D eigenvalue weighted by atomic mass is 9.88. The molecule has 2 aliphatic heterocycles. The summed E-state index contributed by atoms with van der Waals surface area (Å²) in [5, 5.41) is 0.0154. The van der Waals surface area contributed by atoms with Crippen molar-refractivity contribution in [2.45, 2.75) is 44.5 Å². The standard InChI is InChI=1S/C28H28F5N3O3/c29-19-5-3-17(4-6-19)26(37)18-9-13-35(14-10-18)15-11-20-2-1-12-36(20)27(38)25-24(30)22-8-7-21(16-23(22)34-25)39-28(31,32)33/h3-8,16,18,20,34H,1-2,9-15H2/t20-/m0/s1. The van der Waals surface area contributed by atoms with Gasteiger partial charge in [0, 0.05) is 42.1 Å². The van der Waals surface area contributed by atoms with E-state index in [1.807, 2.05) is 0 Å². The highest BCUT2D eigenvalue weighted by Crippen LogP contribution is 2.31. The largest absolute Gasteiger partial charge is 0.573 e. The van der Waals surface area contributed by atoms with Gasteiger partial charge < -0.3 is 19.5 Å². The van der Waals surface area contributed by atoms with Gasteiger partial charge in [0.05, 0.1) is 5.52 Å². The van der Waals surface area contributed by atoms with Gasteiger partial charge in [-0.05, 0) is 81.6 Å². The third kappa shape index (κ3) is 6.08. The van der Waals surface area contributed by atoms with E-state index in [9.17, 15) is 27.2 Å². The summed E-state index contributed by atoms with van der Waals surface area (Å²) in [6.07, 6.45) is -1.25. The normalized spacial score (nSPS) is 19.1. The first kappa shape index (κ1) is 27.1. The van der Waals surface area contributed by atoms with Crippen molar-refractivity contribution in [2.75, 3.05) is 26.2 Å². The fourth-order valence-electron chi connectivity index (χ4n) is 5.63. The summed E-state index contributed by atoms with van der Waals surface area (Å²) in [5.74, 6) is -2.28. The van der Waals surface area contributed by atoms with E-state index in [1.54, 1.807) is 4.90 Å². The molecule has 0 saturated carbocycles. The third-order valence-electron chi connectivity index (χ3n) is 7.66. The van der Waals surface area contributed by atoms with Gasteiger partial charge in [0.2, 0.25) is 0 Å². The number of carbonyl (C=O) groups is 2. The van der Waals surface area contributed by atoms with Gasteiger partial charge in [0.15, 0.2) is 11.6 Å². The van der Waals surface area contributed by atoms with Gasteiger partial charge in [-0.1, -0.05) is 0 Å². The SMILES string of the molecule is O=C(c1ccc(F)cc1)C1CCN(CC[C@@H]2CCCN2C(=O)c2[nH]c3cc(OC(F)(F)F)ccc3c2F)CC1. The highest BCUT2D eigenvalue weighted by atomic mass is 19.4. The van der Waals surface area contributed by atoms with Crippen LogP contribution in [0.15, 0.2) is 42.5 Å². The number of ketones is 1. The van der Waals surface area contributed by atoms with Crippen molar-refractivity contribution >= 4 is 22.6 Å². The summed E-state index contributed by atoms with van der Waals surface area (Å²) >= 11 is 0. The van der Waals surface area contributed by atoms with Gasteiger partial charge in [0.1, 0.15) is 17.3 Å². The van der Waals surface area contributed by atoms with E-state index in [0.29, 0.717) is 31.4 Å². The van der Waals surface area contributed by atoms with E-state index in [0.717, 1.165) is 50.7 Å². The van der Waals surface area contributed by atoms with E-state index in [-0.39, 0.29) is 40.2 Å². The van der Waals surface area contributed by atoms with Crippen molar-refractivity contribution in [3.8, 4) is 5.75 Å². The second-order valence-corrected chi connectivity index (χ2v) is 10.1. The van der Waals surface area contributed by atoms with Gasteiger partial charge in [-0.3, -0.25) is 9.59 Å². The number of hydrogen-bond donors (Lipinski definition) is 1. The maximum absolute atomic E-state index is 15.1. The summed E-state index contributed by atoms with van der Waals surface area (Å²) in [4.78, 5) is 32.5. The van der Waals surface area contributed by atoms with Crippen molar-refractivity contribution < 1.29 is 36.3 Å². The molecular formula is C28H28F5N3O3. The number of H-pyrrole nitrogens is 1. The fraction of sp³-hybridized carbons (Fsp3) is 0.429. The quantitative estimate of drug-likeness (QED) is 0.293. The second-order valence-electron chi connectivity index (χ2n) is 10.1. The van der Waals surface area contributed by atoms with Crippen molar-refractivity contribution in [1.29, 1.82) is 0 Å². The van der Waals surface area contributed by atoms with E-state index in [1.165, 1.54) is 24.3 Å². The molecule has 1 amide bonds. The summed E-state index contributed by atoms with van der Waals surface area (Å²) in [6.45, 7) is 2.66. The number of nitrogens with one attached hydrogen (secondary N) is 1. The van der Waals surface area contributed by atoms with Crippen LogP contribution in [0.2, 0.25) is 0 Å². The minimum atomic E-state index is -4.88. The van der Waals surface area contributed by atoms with Crippen molar-refractivity contribution in [3.05, 3.63) is 65.4 Å². The Morgan fingerprint density at radius 1 is 0.974 bits per heavy atom. The highest BCUT2D eigenvalue weighted by Gasteiger charge is 2.34. The minimum Gasteiger partial charge on any atom is -0.406 e. The number of benzene rings is 2. The molecule has 0 spiro atoms. The second kappa shape index (κ2) is 11.0. The number of aromatic amines is 1. The monoisotopic (exact) mass is 549 g/mol. The van der Waals surface area contributed by atoms with Crippen LogP contribution in [-0.2, 0) is 0 Å². The average Bonchev–Trinajstić information content (AvgIpc) is 3.50. The van der Waals surface area contributed by atoms with Gasteiger partial charge in [-0.15, -0.1) is 13.2 Å². The predicted octanol–water partition coefficient (Wildman–Crippen LogP) is 5.93. The van der Waals surface area contributed by atoms with E-state index in [4.69, 9.17) is 0 Å². The third-order valence-corrected chi connectivity index (χ3v) is 7.66. The molecule has 0 aliphatic carbocycles. The first-order valence-electron chi connectivity index (χ1n) is 13.0. The lowest BCUT2D eigenvalue weighted by Gasteiger charge is -2.33. The van der Waals surface area contributed by atoms with Crippen LogP contribution < -0.4 is 4.74 Å². The molecule has 1 N–H and O–H groups in total. The molecule has 0 bridgehead atoms. The number of amides is 1. The summed E-state index contributed by atoms with van der Waals surface area (Å²) in [5.41, 5.74) is 0.288. The zero-order valence-corrected chi connectivity index (χ0v) is 21.1. The zero-order chi connectivity index (χ0) is 27.7. The first-order valence-corrected chi connectivity index (χ1v) is 13.0. The summed E-state index contributed by atoms with van der Waals surface area (Å²) < 4.78 is 69.8. The maximum atomic E-state index is 15.1. The number of likely N-dealkylation sites (tertiary alicyclic amines) is 2. The first-order chi connectivity index (χ1) is 18.6. The van der Waals surface area contributed by atoms with E-state index < -0.39 is 23.8 Å². The predicted molar refractivity (Wildman–Crippen MR) is 134 cm³/mol. The van der Waals surface area contributed by atoms with Crippen LogP contribution in [0.3, 0.4) is 0 Å². The molecule has 2 saturated heterocycles. The molecule has 2 aromatic carbocycles. The fourth-order valence-corrected chi connectivity index (χ4v) is 5.63. The molecule has 11 heteroatoms. The van der Waals surface area contributed by atoms with Crippen LogP contribution in [0.1, 0.15) is 53.0 Å². The topological polar surface area (TPSA) is 65.6 Å². The average molecular weight is 550 g/mol. The van der Waals surface area contributed by atoms with Crippen LogP contribution >= 0.6 is 0 Å². The molecule has 3 aromatic rings. The molecule has 1 aromatic heterocycles. The molecule has 2 aliphatic rings. The van der Waals surface area contributed by atoms with Gasteiger partial charge in [-0.25, -0.2) is 8.78 Å². The van der Waals surface area contributed by atoms with Crippen LogP contribution in [-0.4, -0.2) is 65.1 Å². The molecule has 39 heavy (non-hydrogen) atoms. The summed E-state index contributed by atoms with van der Waals surface area (Å²) in [6, 6.07) is 8.71. The Hall–Kier alpha value is -3.47. The van der Waals surface area contributed by atoms with Crippen LogP contribution in [0, 0.1) is 17.6 Å². The number of halogens is 5. The molecule has 6 nitrogen and oxygen atoms in total. The van der Waals surface area contributed by atoms with E-state index in [2.05, 4.69) is 14.6 Å². The molecule has 0 radical (unpaired) electrons. The molecule has 1 atom stereocenters. The number of alkyl halides is 3. The molecule has 0 unspecified atom stereocenters. The Bertz CT molecular complexity index is 1350. The summed E-state index contributed by atoms with van der Waals surface area (Å²) in [7, 11) is 0. The Morgan fingerprint density at radius 3 is 2.38 bits per heavy atom. The highest BCUT2D eigenvalue weighted by molar-refractivity contribution is 5.99. The van der Waals surface area contributed by atoms with Gasteiger partial charge >= 0.3 is 6.36 Å². The smallest absolute Gasteiger partial charge is 0.406 e. The molecule has 3 heterocycles. The number of carbonyl (C=O) groups excluding carboxylic acids is 2. The lowest BCUT2D eigenvalue weighted by Crippen LogP contribution is -2.41. The molecule has 2 fully saturated rings. The number of Topliss-reactive ketones (excluding diaryl/α,β-unsaturated/α-hetero) is 1. The zero-order valence-electron chi connectivity index (χ0n) is 21.1. The molecule has 208 valence electrons. The molecular weight excluding hydrogens is 521 g/mol. The Labute approximate surface area is 221 Å². The number of nitrogens with zero attached hydrogens (tertiary/aromatic N) is 2. The van der Waals surface area contributed by atoms with Crippen LogP contribution in [0.25, 0.3) is 10.9 Å². The molecule has 5 rings (SSSR count). The van der Waals surface area contributed by atoms with E-state index >= 15 is 4.39 Å². The van der Waals surface area contributed by atoms with Crippen LogP contribution in [0.5, 0.6) is 5.75 Å².